The van der Waals surface area contributed by atoms with Gasteiger partial charge >= 0.3 is 0 Å². The molecule has 27 heavy (non-hydrogen) atoms. The molecule has 0 N–H and O–H groups in total. The molecule has 4 nitrogen and oxygen atoms in total. The van der Waals surface area contributed by atoms with Crippen LogP contribution in [0.4, 0.5) is 0 Å². The molecule has 3 aliphatic heterocycles. The van der Waals surface area contributed by atoms with Crippen LogP contribution < -0.4 is 0 Å². The molecule has 0 radical (unpaired) electrons. The highest BCUT2D eigenvalue weighted by molar-refractivity contribution is 6.01. The summed E-state index contributed by atoms with van der Waals surface area (Å²) in [4.78, 5) is 30.1. The van der Waals surface area contributed by atoms with E-state index in [0.29, 0.717) is 13.1 Å². The molecule has 0 spiro atoms. The van der Waals surface area contributed by atoms with E-state index < -0.39 is 0 Å². The molecule has 4 heteroatoms. The molecule has 2 atom stereocenters. The van der Waals surface area contributed by atoms with E-state index in [1.807, 2.05) is 64.4 Å². The third-order valence-electron chi connectivity index (χ3n) is 5.79. The first kappa shape index (κ1) is 17.8. The summed E-state index contributed by atoms with van der Waals surface area (Å²) in [7, 11) is 0. The van der Waals surface area contributed by atoms with Gasteiger partial charge in [0.2, 0.25) is 5.91 Å². The molecule has 2 bridgehead atoms. The van der Waals surface area contributed by atoms with E-state index in [1.165, 1.54) is 0 Å². The number of nitrogens with zero attached hydrogens (tertiary/aromatic N) is 2. The van der Waals surface area contributed by atoms with Gasteiger partial charge < -0.3 is 9.80 Å². The topological polar surface area (TPSA) is 40.6 Å². The van der Waals surface area contributed by atoms with Gasteiger partial charge in [0, 0.05) is 31.2 Å². The average molecular weight is 362 g/mol. The Balaban J connectivity index is 1.64. The van der Waals surface area contributed by atoms with Crippen LogP contribution >= 0.6 is 0 Å². The van der Waals surface area contributed by atoms with Gasteiger partial charge in [-0.3, -0.25) is 9.59 Å². The first-order valence-electron chi connectivity index (χ1n) is 9.93. The molecule has 5 rings (SSSR count). The van der Waals surface area contributed by atoms with Crippen LogP contribution in [0, 0.1) is 5.92 Å². The van der Waals surface area contributed by atoms with E-state index in [-0.39, 0.29) is 23.8 Å². The number of carbonyl (C=O) groups is 2. The summed E-state index contributed by atoms with van der Waals surface area (Å²) in [6, 6.07) is 18.0. The van der Waals surface area contributed by atoms with Gasteiger partial charge in [0.1, 0.15) is 0 Å². The molecule has 3 fully saturated rings. The van der Waals surface area contributed by atoms with Crippen molar-refractivity contribution in [2.75, 3.05) is 19.6 Å². The van der Waals surface area contributed by atoms with E-state index >= 15 is 0 Å². The van der Waals surface area contributed by atoms with Gasteiger partial charge in [-0.15, -0.1) is 0 Å². The summed E-state index contributed by atoms with van der Waals surface area (Å²) < 4.78 is 0. The minimum absolute atomic E-state index is 0.0394. The number of fused-ring (bicyclic) bond motifs is 4. The van der Waals surface area contributed by atoms with Crippen LogP contribution in [0.2, 0.25) is 0 Å². The SMILES string of the molecule is CCCN1C(=O)[C@H]2CC[C@@H]1CN(C(=O)c1ccccc1-c1ccccc1)C2. The van der Waals surface area contributed by atoms with Crippen molar-refractivity contribution < 1.29 is 9.59 Å². The Bertz CT molecular complexity index is 833. The first-order valence-corrected chi connectivity index (χ1v) is 9.93. The molecule has 0 aromatic heterocycles. The molecule has 140 valence electrons. The van der Waals surface area contributed by atoms with Crippen LogP contribution in [-0.2, 0) is 4.79 Å². The van der Waals surface area contributed by atoms with E-state index in [2.05, 4.69) is 6.92 Å². The molecular formula is C23H26N2O2. The number of amides is 2. The lowest BCUT2D eigenvalue weighted by Gasteiger charge is -2.35. The predicted molar refractivity (Wildman–Crippen MR) is 106 cm³/mol. The summed E-state index contributed by atoms with van der Waals surface area (Å²) in [5.74, 6) is 0.223. The van der Waals surface area contributed by atoms with Crippen molar-refractivity contribution in [2.24, 2.45) is 5.92 Å². The molecule has 2 amide bonds. The van der Waals surface area contributed by atoms with Gasteiger partial charge in [-0.1, -0.05) is 55.5 Å². The van der Waals surface area contributed by atoms with Crippen molar-refractivity contribution in [3.8, 4) is 11.1 Å². The van der Waals surface area contributed by atoms with Crippen molar-refractivity contribution >= 4 is 11.8 Å². The Kier molecular flexibility index (Phi) is 4.97. The lowest BCUT2D eigenvalue weighted by Crippen LogP contribution is -2.48. The smallest absolute Gasteiger partial charge is 0.254 e. The number of hydrogen-bond donors (Lipinski definition) is 0. The van der Waals surface area contributed by atoms with Crippen molar-refractivity contribution in [2.45, 2.75) is 32.2 Å². The molecule has 2 aromatic carbocycles. The van der Waals surface area contributed by atoms with E-state index in [9.17, 15) is 9.59 Å². The second kappa shape index (κ2) is 7.55. The normalized spacial score (nSPS) is 22.0. The van der Waals surface area contributed by atoms with Crippen LogP contribution in [0.3, 0.4) is 0 Å². The monoisotopic (exact) mass is 362 g/mol. The van der Waals surface area contributed by atoms with Crippen LogP contribution in [0.5, 0.6) is 0 Å². The van der Waals surface area contributed by atoms with E-state index in [0.717, 1.165) is 42.5 Å². The molecule has 0 saturated carbocycles. The van der Waals surface area contributed by atoms with Crippen LogP contribution in [0.1, 0.15) is 36.5 Å². The second-order valence-electron chi connectivity index (χ2n) is 7.58. The minimum atomic E-state index is -0.0527. The summed E-state index contributed by atoms with van der Waals surface area (Å²) in [5.41, 5.74) is 2.72. The Morgan fingerprint density at radius 2 is 1.74 bits per heavy atom. The van der Waals surface area contributed by atoms with E-state index in [1.54, 1.807) is 0 Å². The fourth-order valence-electron chi connectivity index (χ4n) is 4.45. The fourth-order valence-corrected chi connectivity index (χ4v) is 4.45. The van der Waals surface area contributed by atoms with Crippen molar-refractivity contribution in [3.05, 3.63) is 60.2 Å². The standard InChI is InChI=1S/C23H26N2O2/c1-2-14-25-19-13-12-18(22(25)26)15-24(16-19)23(27)21-11-7-6-10-20(21)17-8-4-3-5-9-17/h3-11,18-19H,2,12-16H2,1H3/t18-,19+/m0/s1. The van der Waals surface area contributed by atoms with Gasteiger partial charge in [0.05, 0.1) is 5.92 Å². The summed E-state index contributed by atoms with van der Waals surface area (Å²) in [6.45, 7) is 4.08. The molecule has 0 aliphatic carbocycles. The Morgan fingerprint density at radius 1 is 1.00 bits per heavy atom. The van der Waals surface area contributed by atoms with Crippen molar-refractivity contribution in [3.63, 3.8) is 0 Å². The third-order valence-corrected chi connectivity index (χ3v) is 5.79. The zero-order valence-electron chi connectivity index (χ0n) is 15.8. The highest BCUT2D eigenvalue weighted by Gasteiger charge is 2.41. The maximum Gasteiger partial charge on any atom is 0.254 e. The lowest BCUT2D eigenvalue weighted by molar-refractivity contribution is -0.139. The quantitative estimate of drug-likeness (QED) is 0.829. The summed E-state index contributed by atoms with van der Waals surface area (Å²) in [5, 5.41) is 0. The first-order chi connectivity index (χ1) is 13.2. The van der Waals surface area contributed by atoms with Crippen molar-refractivity contribution in [1.82, 2.24) is 9.80 Å². The largest absolute Gasteiger partial charge is 0.338 e. The van der Waals surface area contributed by atoms with Gasteiger partial charge in [0.25, 0.3) is 5.91 Å². The van der Waals surface area contributed by atoms with E-state index in [4.69, 9.17) is 0 Å². The maximum absolute atomic E-state index is 13.4. The zero-order valence-corrected chi connectivity index (χ0v) is 15.8. The van der Waals surface area contributed by atoms with Gasteiger partial charge in [-0.2, -0.15) is 0 Å². The third kappa shape index (κ3) is 3.36. The molecule has 3 heterocycles. The van der Waals surface area contributed by atoms with Crippen LogP contribution in [0.25, 0.3) is 11.1 Å². The van der Waals surface area contributed by atoms with Gasteiger partial charge in [-0.25, -0.2) is 0 Å². The van der Waals surface area contributed by atoms with Gasteiger partial charge in [0.15, 0.2) is 0 Å². The van der Waals surface area contributed by atoms with Crippen molar-refractivity contribution in [1.29, 1.82) is 0 Å². The number of carbonyl (C=O) groups excluding carboxylic acids is 2. The average Bonchev–Trinajstić information content (AvgIpc) is 3.01. The summed E-state index contributed by atoms with van der Waals surface area (Å²) >= 11 is 0. The summed E-state index contributed by atoms with van der Waals surface area (Å²) in [6.07, 6.45) is 2.86. The molecule has 0 unspecified atom stereocenters. The molecule has 2 aromatic rings. The Labute approximate surface area is 160 Å². The maximum atomic E-state index is 13.4. The highest BCUT2D eigenvalue weighted by Crippen LogP contribution is 2.31. The van der Waals surface area contributed by atoms with Crippen LogP contribution in [0.15, 0.2) is 54.6 Å². The molecule has 3 aliphatic rings. The predicted octanol–water partition coefficient (Wildman–Crippen LogP) is 3.83. The molecule has 3 saturated heterocycles. The second-order valence-corrected chi connectivity index (χ2v) is 7.58. The highest BCUT2D eigenvalue weighted by atomic mass is 16.2. The zero-order chi connectivity index (χ0) is 18.8. The number of benzene rings is 2. The molecular weight excluding hydrogens is 336 g/mol. The Hall–Kier alpha value is -2.62. The lowest BCUT2D eigenvalue weighted by atomic mass is 9.94. The number of piperidine rings is 1. The number of rotatable bonds is 4. The number of hydrogen-bond acceptors (Lipinski definition) is 2. The Morgan fingerprint density at radius 3 is 2.52 bits per heavy atom. The van der Waals surface area contributed by atoms with Crippen LogP contribution in [-0.4, -0.2) is 47.3 Å². The minimum Gasteiger partial charge on any atom is -0.338 e. The fraction of sp³-hybridized carbons (Fsp3) is 0.391. The van der Waals surface area contributed by atoms with Gasteiger partial charge in [-0.05, 0) is 36.5 Å².